The van der Waals surface area contributed by atoms with Crippen molar-refractivity contribution in [2.75, 3.05) is 5.73 Å². The number of rotatable bonds is 2. The average Bonchev–Trinajstić information content (AvgIpc) is 2.08. The third-order valence-corrected chi connectivity index (χ3v) is 1.99. The third kappa shape index (κ3) is 1.96. The highest BCUT2D eigenvalue weighted by molar-refractivity contribution is 5.75. The van der Waals surface area contributed by atoms with Gasteiger partial charge in [0.1, 0.15) is 0 Å². The molecule has 0 saturated carbocycles. The number of carboxylic acids is 1. The normalized spacial score (nSPS) is 12.5. The second kappa shape index (κ2) is 3.43. The molecule has 1 atom stereocenters. The van der Waals surface area contributed by atoms with E-state index < -0.39 is 11.9 Å². The largest absolute Gasteiger partial charge is 0.481 e. The van der Waals surface area contributed by atoms with Crippen molar-refractivity contribution in [3.05, 3.63) is 23.5 Å². The smallest absolute Gasteiger partial charge is 0.312 e. The van der Waals surface area contributed by atoms with Gasteiger partial charge in [-0.1, -0.05) is 0 Å². The van der Waals surface area contributed by atoms with Crippen molar-refractivity contribution in [3.63, 3.8) is 0 Å². The molecule has 0 bridgehead atoms. The zero-order chi connectivity index (χ0) is 10.0. The van der Waals surface area contributed by atoms with E-state index in [-0.39, 0.29) is 0 Å². The summed E-state index contributed by atoms with van der Waals surface area (Å²) in [6.45, 7) is 3.43. The lowest BCUT2D eigenvalue weighted by Crippen LogP contribution is -2.09. The molecule has 1 aromatic heterocycles. The zero-order valence-corrected chi connectivity index (χ0v) is 7.61. The summed E-state index contributed by atoms with van der Waals surface area (Å²) in [5, 5.41) is 8.72. The average molecular weight is 180 g/mol. The molecule has 0 saturated heterocycles. The van der Waals surface area contributed by atoms with Crippen LogP contribution < -0.4 is 5.73 Å². The summed E-state index contributed by atoms with van der Waals surface area (Å²) >= 11 is 0. The molecule has 0 aliphatic rings. The van der Waals surface area contributed by atoms with E-state index in [0.29, 0.717) is 11.4 Å². The molecule has 0 radical (unpaired) electrons. The highest BCUT2D eigenvalue weighted by atomic mass is 16.4. The van der Waals surface area contributed by atoms with Crippen LogP contribution >= 0.6 is 0 Å². The van der Waals surface area contributed by atoms with Crippen molar-refractivity contribution in [2.24, 2.45) is 0 Å². The highest BCUT2D eigenvalue weighted by Gasteiger charge is 2.15. The molecule has 4 heteroatoms. The van der Waals surface area contributed by atoms with Gasteiger partial charge in [-0.25, -0.2) is 0 Å². The van der Waals surface area contributed by atoms with E-state index in [1.807, 2.05) is 6.92 Å². The highest BCUT2D eigenvalue weighted by Crippen LogP contribution is 2.17. The summed E-state index contributed by atoms with van der Waals surface area (Å²) in [6.07, 6.45) is 1.49. The number of aromatic nitrogens is 1. The van der Waals surface area contributed by atoms with Gasteiger partial charge >= 0.3 is 5.97 Å². The Bertz CT molecular complexity index is 336. The topological polar surface area (TPSA) is 76.2 Å². The molecule has 1 rings (SSSR count). The SMILES string of the molecule is Cc1cc(C(C)C(=O)O)ncc1N. The molecular weight excluding hydrogens is 168 g/mol. The number of hydrogen-bond acceptors (Lipinski definition) is 3. The first-order chi connectivity index (χ1) is 6.02. The fourth-order valence-electron chi connectivity index (χ4n) is 0.952. The predicted molar refractivity (Wildman–Crippen MR) is 49.4 cm³/mol. The molecular formula is C9H12N2O2. The summed E-state index contributed by atoms with van der Waals surface area (Å²) in [6, 6.07) is 1.70. The van der Waals surface area contributed by atoms with Crippen LogP contribution in [-0.4, -0.2) is 16.1 Å². The Morgan fingerprint density at radius 3 is 2.77 bits per heavy atom. The van der Waals surface area contributed by atoms with Gasteiger partial charge in [0.2, 0.25) is 0 Å². The maximum atomic E-state index is 10.6. The number of nitrogen functional groups attached to an aromatic ring is 1. The summed E-state index contributed by atoms with van der Waals surface area (Å²) in [7, 11) is 0. The number of aliphatic carboxylic acids is 1. The molecule has 0 aromatic carbocycles. The van der Waals surface area contributed by atoms with E-state index in [1.54, 1.807) is 13.0 Å². The van der Waals surface area contributed by atoms with Gasteiger partial charge in [-0.15, -0.1) is 0 Å². The predicted octanol–water partition coefficient (Wildman–Crippen LogP) is 1.16. The van der Waals surface area contributed by atoms with Crippen LogP contribution in [0.3, 0.4) is 0 Å². The molecule has 0 amide bonds. The van der Waals surface area contributed by atoms with Gasteiger partial charge in [-0.05, 0) is 25.5 Å². The van der Waals surface area contributed by atoms with E-state index in [1.165, 1.54) is 6.20 Å². The van der Waals surface area contributed by atoms with Gasteiger partial charge in [0.05, 0.1) is 23.5 Å². The van der Waals surface area contributed by atoms with Crippen LogP contribution in [-0.2, 0) is 4.79 Å². The molecule has 13 heavy (non-hydrogen) atoms. The zero-order valence-electron chi connectivity index (χ0n) is 7.61. The number of anilines is 1. The van der Waals surface area contributed by atoms with Crippen LogP contribution in [0, 0.1) is 6.92 Å². The number of nitrogens with zero attached hydrogens (tertiary/aromatic N) is 1. The number of carboxylic acid groups (broad SMARTS) is 1. The van der Waals surface area contributed by atoms with Gasteiger partial charge in [-0.2, -0.15) is 0 Å². The Hall–Kier alpha value is -1.58. The van der Waals surface area contributed by atoms with Gasteiger partial charge in [-0.3, -0.25) is 9.78 Å². The monoisotopic (exact) mass is 180 g/mol. The van der Waals surface area contributed by atoms with Crippen molar-refractivity contribution in [3.8, 4) is 0 Å². The van der Waals surface area contributed by atoms with Gasteiger partial charge in [0, 0.05) is 0 Å². The Morgan fingerprint density at radius 1 is 1.69 bits per heavy atom. The van der Waals surface area contributed by atoms with Crippen molar-refractivity contribution in [2.45, 2.75) is 19.8 Å². The molecule has 0 aliphatic heterocycles. The van der Waals surface area contributed by atoms with Crippen molar-refractivity contribution >= 4 is 11.7 Å². The first-order valence-electron chi connectivity index (χ1n) is 3.97. The number of carbonyl (C=O) groups is 1. The van der Waals surface area contributed by atoms with Crippen LogP contribution in [0.1, 0.15) is 24.1 Å². The van der Waals surface area contributed by atoms with E-state index in [0.717, 1.165) is 5.56 Å². The summed E-state index contributed by atoms with van der Waals surface area (Å²) < 4.78 is 0. The molecule has 1 aromatic rings. The quantitative estimate of drug-likeness (QED) is 0.716. The lowest BCUT2D eigenvalue weighted by Gasteiger charge is -2.07. The summed E-state index contributed by atoms with van der Waals surface area (Å²) in [5.41, 5.74) is 7.54. The molecule has 1 heterocycles. The number of pyridine rings is 1. The third-order valence-electron chi connectivity index (χ3n) is 1.99. The van der Waals surface area contributed by atoms with Crippen LogP contribution in [0.4, 0.5) is 5.69 Å². The Morgan fingerprint density at radius 2 is 2.31 bits per heavy atom. The van der Waals surface area contributed by atoms with E-state index >= 15 is 0 Å². The number of aryl methyl sites for hydroxylation is 1. The number of nitrogens with two attached hydrogens (primary N) is 1. The van der Waals surface area contributed by atoms with Gasteiger partial charge in [0.25, 0.3) is 0 Å². The maximum Gasteiger partial charge on any atom is 0.312 e. The maximum absolute atomic E-state index is 10.6. The van der Waals surface area contributed by atoms with E-state index in [4.69, 9.17) is 10.8 Å². The van der Waals surface area contributed by atoms with E-state index in [9.17, 15) is 4.79 Å². The molecule has 1 unspecified atom stereocenters. The fourth-order valence-corrected chi connectivity index (χ4v) is 0.952. The standard InChI is InChI=1S/C9H12N2O2/c1-5-3-8(6(2)9(12)13)11-4-7(5)10/h3-4,6H,10H2,1-2H3,(H,12,13). The van der Waals surface area contributed by atoms with Crippen LogP contribution in [0.2, 0.25) is 0 Å². The van der Waals surface area contributed by atoms with Crippen LogP contribution in [0.5, 0.6) is 0 Å². The van der Waals surface area contributed by atoms with Gasteiger partial charge in [0.15, 0.2) is 0 Å². The molecule has 4 nitrogen and oxygen atoms in total. The molecule has 0 spiro atoms. The lowest BCUT2D eigenvalue weighted by molar-refractivity contribution is -0.138. The lowest BCUT2D eigenvalue weighted by atomic mass is 10.1. The minimum atomic E-state index is -0.878. The van der Waals surface area contributed by atoms with Crippen LogP contribution in [0.25, 0.3) is 0 Å². The Kier molecular flexibility index (Phi) is 2.51. The van der Waals surface area contributed by atoms with E-state index in [2.05, 4.69) is 4.98 Å². The fraction of sp³-hybridized carbons (Fsp3) is 0.333. The number of hydrogen-bond donors (Lipinski definition) is 2. The second-order valence-electron chi connectivity index (χ2n) is 3.03. The first-order valence-corrected chi connectivity index (χ1v) is 3.97. The second-order valence-corrected chi connectivity index (χ2v) is 3.03. The van der Waals surface area contributed by atoms with Crippen LogP contribution in [0.15, 0.2) is 12.3 Å². The summed E-state index contributed by atoms with van der Waals surface area (Å²) in [5.74, 6) is -1.46. The van der Waals surface area contributed by atoms with Gasteiger partial charge < -0.3 is 10.8 Å². The molecule has 3 N–H and O–H groups in total. The molecule has 70 valence electrons. The Labute approximate surface area is 76.4 Å². The Balaban J connectivity index is 3.03. The summed E-state index contributed by atoms with van der Waals surface area (Å²) in [4.78, 5) is 14.6. The van der Waals surface area contributed by atoms with Crippen molar-refractivity contribution in [1.29, 1.82) is 0 Å². The molecule has 0 fully saturated rings. The minimum absolute atomic E-state index is 0.541. The minimum Gasteiger partial charge on any atom is -0.481 e. The first kappa shape index (κ1) is 9.51. The molecule has 0 aliphatic carbocycles. The van der Waals surface area contributed by atoms with Crippen molar-refractivity contribution in [1.82, 2.24) is 4.98 Å². The van der Waals surface area contributed by atoms with Crippen molar-refractivity contribution < 1.29 is 9.90 Å².